The maximum atomic E-state index is 13.1. The number of nitrogens with one attached hydrogen (secondary N) is 1. The zero-order valence-corrected chi connectivity index (χ0v) is 18.0. The Morgan fingerprint density at radius 1 is 0.938 bits per heavy atom. The highest BCUT2D eigenvalue weighted by Gasteiger charge is 2.29. The summed E-state index contributed by atoms with van der Waals surface area (Å²) >= 11 is 0. The number of nitrogens with zero attached hydrogens (tertiary/aromatic N) is 3. The predicted octanol–water partition coefficient (Wildman–Crippen LogP) is 4.69. The van der Waals surface area contributed by atoms with Gasteiger partial charge in [-0.2, -0.15) is 0 Å². The first-order valence-corrected chi connectivity index (χ1v) is 11.4. The van der Waals surface area contributed by atoms with Gasteiger partial charge in [-0.15, -0.1) is 10.2 Å². The number of halogens is 1. The van der Waals surface area contributed by atoms with Gasteiger partial charge in [0.2, 0.25) is 5.91 Å². The maximum absolute atomic E-state index is 13.1. The van der Waals surface area contributed by atoms with Gasteiger partial charge in [0.05, 0.1) is 11.7 Å². The van der Waals surface area contributed by atoms with Gasteiger partial charge < -0.3 is 10.2 Å². The third-order valence-electron chi connectivity index (χ3n) is 6.67. The lowest BCUT2D eigenvalue weighted by atomic mass is 9.87. The van der Waals surface area contributed by atoms with Crippen LogP contribution in [0.25, 0.3) is 11.3 Å². The van der Waals surface area contributed by atoms with Crippen molar-refractivity contribution in [3.05, 3.63) is 77.6 Å². The summed E-state index contributed by atoms with van der Waals surface area (Å²) in [4.78, 5) is 15.1. The molecule has 6 heteroatoms. The first-order chi connectivity index (χ1) is 15.7. The van der Waals surface area contributed by atoms with Crippen molar-refractivity contribution in [3.63, 3.8) is 0 Å². The van der Waals surface area contributed by atoms with E-state index in [4.69, 9.17) is 0 Å². The number of carbonyl (C=O) groups is 1. The number of aromatic nitrogens is 2. The zero-order chi connectivity index (χ0) is 21.9. The molecule has 2 aromatic carbocycles. The molecule has 1 fully saturated rings. The van der Waals surface area contributed by atoms with Gasteiger partial charge in [-0.3, -0.25) is 4.79 Å². The fourth-order valence-electron chi connectivity index (χ4n) is 4.83. The summed E-state index contributed by atoms with van der Waals surface area (Å²) in [5, 5.41) is 12.0. The number of fused-ring (bicyclic) bond motifs is 1. The van der Waals surface area contributed by atoms with Crippen LogP contribution in [0.4, 0.5) is 10.2 Å². The fourth-order valence-corrected chi connectivity index (χ4v) is 4.83. The Kier molecular flexibility index (Phi) is 5.84. The number of hydrogen-bond acceptors (Lipinski definition) is 4. The Labute approximate surface area is 187 Å². The molecule has 1 aliphatic heterocycles. The van der Waals surface area contributed by atoms with Crippen molar-refractivity contribution in [2.75, 3.05) is 18.0 Å². The van der Waals surface area contributed by atoms with Gasteiger partial charge >= 0.3 is 0 Å². The molecule has 1 N–H and O–H groups in total. The maximum Gasteiger partial charge on any atom is 0.223 e. The van der Waals surface area contributed by atoms with E-state index in [0.29, 0.717) is 0 Å². The molecule has 0 radical (unpaired) electrons. The van der Waals surface area contributed by atoms with Crippen LogP contribution in [0.15, 0.2) is 60.7 Å². The molecule has 2 heterocycles. The van der Waals surface area contributed by atoms with Crippen molar-refractivity contribution in [1.29, 1.82) is 0 Å². The molecule has 164 valence electrons. The van der Waals surface area contributed by atoms with Crippen LogP contribution in [-0.2, 0) is 11.2 Å². The lowest BCUT2D eigenvalue weighted by Crippen LogP contribution is -2.42. The highest BCUT2D eigenvalue weighted by Crippen LogP contribution is 2.31. The molecule has 3 aromatic rings. The van der Waals surface area contributed by atoms with Crippen molar-refractivity contribution in [2.45, 2.75) is 38.1 Å². The van der Waals surface area contributed by atoms with E-state index in [2.05, 4.69) is 44.7 Å². The van der Waals surface area contributed by atoms with Crippen LogP contribution in [0, 0.1) is 11.7 Å². The highest BCUT2D eigenvalue weighted by molar-refractivity contribution is 5.79. The predicted molar refractivity (Wildman–Crippen MR) is 123 cm³/mol. The number of rotatable bonds is 4. The van der Waals surface area contributed by atoms with Crippen molar-refractivity contribution < 1.29 is 9.18 Å². The minimum atomic E-state index is -0.266. The number of aryl methyl sites for hydroxylation is 1. The van der Waals surface area contributed by atoms with Gasteiger partial charge in [-0.05, 0) is 79.6 Å². The van der Waals surface area contributed by atoms with E-state index in [-0.39, 0.29) is 23.7 Å². The Morgan fingerprint density at radius 3 is 2.47 bits per heavy atom. The summed E-state index contributed by atoms with van der Waals surface area (Å²) in [5.74, 6) is 0.754. The number of anilines is 1. The van der Waals surface area contributed by atoms with Gasteiger partial charge in [0.25, 0.3) is 0 Å². The third kappa shape index (κ3) is 4.35. The number of amides is 1. The molecule has 0 saturated carbocycles. The molecule has 1 saturated heterocycles. The molecule has 32 heavy (non-hydrogen) atoms. The number of carbonyl (C=O) groups excluding carboxylic acids is 1. The number of benzene rings is 2. The first kappa shape index (κ1) is 20.6. The van der Waals surface area contributed by atoms with Crippen LogP contribution in [0.1, 0.15) is 42.9 Å². The summed E-state index contributed by atoms with van der Waals surface area (Å²) in [5.41, 5.74) is 4.20. The summed E-state index contributed by atoms with van der Waals surface area (Å²) in [6.45, 7) is 1.56. The first-order valence-electron chi connectivity index (χ1n) is 11.4. The minimum Gasteiger partial charge on any atom is -0.355 e. The fraction of sp³-hybridized carbons (Fsp3) is 0.346. The van der Waals surface area contributed by atoms with Gasteiger partial charge in [0.15, 0.2) is 5.82 Å². The van der Waals surface area contributed by atoms with E-state index in [1.807, 2.05) is 12.1 Å². The third-order valence-corrected chi connectivity index (χ3v) is 6.67. The van der Waals surface area contributed by atoms with E-state index in [0.717, 1.165) is 62.3 Å². The van der Waals surface area contributed by atoms with E-state index in [1.165, 1.54) is 23.3 Å². The lowest BCUT2D eigenvalue weighted by Gasteiger charge is -2.33. The van der Waals surface area contributed by atoms with Gasteiger partial charge in [-0.25, -0.2) is 4.39 Å². The molecule has 1 unspecified atom stereocenters. The number of piperidine rings is 1. The van der Waals surface area contributed by atoms with Crippen LogP contribution in [0.5, 0.6) is 0 Å². The van der Waals surface area contributed by atoms with Crippen LogP contribution >= 0.6 is 0 Å². The molecule has 5 nitrogen and oxygen atoms in total. The Hall–Kier alpha value is -3.28. The lowest BCUT2D eigenvalue weighted by molar-refractivity contribution is -0.126. The van der Waals surface area contributed by atoms with E-state index < -0.39 is 0 Å². The van der Waals surface area contributed by atoms with Crippen molar-refractivity contribution >= 4 is 11.7 Å². The Morgan fingerprint density at radius 2 is 1.72 bits per heavy atom. The van der Waals surface area contributed by atoms with E-state index in [9.17, 15) is 9.18 Å². The molecular formula is C26H27FN4O. The standard InChI is InChI=1S/C26H27FN4O/c27-21-10-8-19(9-11-21)23-12-13-25(30-29-23)31-16-14-20(15-17-31)26(32)28-24-7-3-5-18-4-1-2-6-22(18)24/h1-2,4,6,8-13,20,24H,3,5,7,14-17H2,(H,28,32). The summed E-state index contributed by atoms with van der Waals surface area (Å²) in [7, 11) is 0. The van der Waals surface area contributed by atoms with Crippen molar-refractivity contribution in [1.82, 2.24) is 15.5 Å². The normalized spacial score (nSPS) is 18.8. The SMILES string of the molecule is O=C(NC1CCCc2ccccc21)C1CCN(c2ccc(-c3ccc(F)cc3)nn2)CC1. The van der Waals surface area contributed by atoms with Crippen molar-refractivity contribution in [3.8, 4) is 11.3 Å². The molecule has 1 atom stereocenters. The van der Waals surface area contributed by atoms with Crippen LogP contribution in [0.2, 0.25) is 0 Å². The molecule has 1 aromatic heterocycles. The van der Waals surface area contributed by atoms with Crippen LogP contribution < -0.4 is 10.2 Å². The summed E-state index contributed by atoms with van der Waals surface area (Å²) in [6, 6.07) is 18.7. The molecular weight excluding hydrogens is 403 g/mol. The van der Waals surface area contributed by atoms with Crippen LogP contribution in [-0.4, -0.2) is 29.2 Å². The zero-order valence-electron chi connectivity index (χ0n) is 18.0. The smallest absolute Gasteiger partial charge is 0.223 e. The summed E-state index contributed by atoms with van der Waals surface area (Å²) < 4.78 is 13.1. The minimum absolute atomic E-state index is 0.0341. The largest absolute Gasteiger partial charge is 0.355 e. The summed E-state index contributed by atoms with van der Waals surface area (Å²) in [6.07, 6.45) is 4.84. The molecule has 5 rings (SSSR count). The highest BCUT2D eigenvalue weighted by atomic mass is 19.1. The monoisotopic (exact) mass is 430 g/mol. The average molecular weight is 431 g/mol. The second-order valence-corrected chi connectivity index (χ2v) is 8.70. The topological polar surface area (TPSA) is 58.1 Å². The van der Waals surface area contributed by atoms with E-state index in [1.54, 1.807) is 12.1 Å². The Bertz CT molecular complexity index is 1080. The molecule has 1 amide bonds. The molecule has 0 bridgehead atoms. The van der Waals surface area contributed by atoms with Gasteiger partial charge in [0, 0.05) is 24.6 Å². The second kappa shape index (κ2) is 9.07. The molecule has 1 aliphatic carbocycles. The second-order valence-electron chi connectivity index (χ2n) is 8.70. The molecule has 0 spiro atoms. The molecule has 2 aliphatic rings. The van der Waals surface area contributed by atoms with Crippen molar-refractivity contribution in [2.24, 2.45) is 5.92 Å². The quantitative estimate of drug-likeness (QED) is 0.652. The Balaban J connectivity index is 1.17. The average Bonchev–Trinajstić information content (AvgIpc) is 2.85. The van der Waals surface area contributed by atoms with Crippen LogP contribution in [0.3, 0.4) is 0 Å². The number of hydrogen-bond donors (Lipinski definition) is 1. The van der Waals surface area contributed by atoms with Gasteiger partial charge in [0.1, 0.15) is 5.82 Å². The van der Waals surface area contributed by atoms with Gasteiger partial charge in [-0.1, -0.05) is 24.3 Å². The van der Waals surface area contributed by atoms with E-state index >= 15 is 0 Å².